The normalized spacial score (nSPS) is 27.9. The van der Waals surface area contributed by atoms with Crippen LogP contribution in [0, 0.1) is 0 Å². The first kappa shape index (κ1) is 10.7. The fourth-order valence-corrected chi connectivity index (χ4v) is 2.54. The van der Waals surface area contributed by atoms with E-state index in [9.17, 15) is 0 Å². The van der Waals surface area contributed by atoms with Gasteiger partial charge in [-0.25, -0.2) is 0 Å². The molecule has 0 aliphatic carbocycles. The van der Waals surface area contributed by atoms with Gasteiger partial charge < -0.3 is 10.6 Å². The molecule has 1 saturated heterocycles. The maximum absolute atomic E-state index is 6.44. The molecule has 82 valence electrons. The summed E-state index contributed by atoms with van der Waals surface area (Å²) in [6.45, 7) is 2.20. The van der Waals surface area contributed by atoms with Crippen LogP contribution in [0.1, 0.15) is 18.4 Å². The van der Waals surface area contributed by atoms with Gasteiger partial charge in [-0.05, 0) is 38.4 Å². The number of likely N-dealkylation sites (tertiary alicyclic amines) is 1. The minimum absolute atomic E-state index is 0.0195. The van der Waals surface area contributed by atoms with Crippen LogP contribution in [0.2, 0.25) is 0 Å². The summed E-state index contributed by atoms with van der Waals surface area (Å²) in [4.78, 5) is 2.34. The van der Waals surface area contributed by atoms with Gasteiger partial charge in [0.15, 0.2) is 0 Å². The zero-order valence-electron chi connectivity index (χ0n) is 9.45. The highest BCUT2D eigenvalue weighted by Crippen LogP contribution is 2.21. The summed E-state index contributed by atoms with van der Waals surface area (Å²) in [5, 5.41) is 0. The van der Waals surface area contributed by atoms with Crippen LogP contribution in [-0.4, -0.2) is 30.6 Å². The van der Waals surface area contributed by atoms with Crippen molar-refractivity contribution in [2.45, 2.75) is 24.8 Å². The lowest BCUT2D eigenvalue weighted by atomic mass is 9.84. The highest BCUT2D eigenvalue weighted by atomic mass is 15.1. The molecule has 15 heavy (non-hydrogen) atoms. The van der Waals surface area contributed by atoms with E-state index in [0.29, 0.717) is 0 Å². The van der Waals surface area contributed by atoms with E-state index in [1.807, 2.05) is 0 Å². The fourth-order valence-electron chi connectivity index (χ4n) is 2.54. The van der Waals surface area contributed by atoms with Crippen LogP contribution in [0.25, 0.3) is 0 Å². The van der Waals surface area contributed by atoms with Gasteiger partial charge in [0.1, 0.15) is 0 Å². The highest BCUT2D eigenvalue weighted by Gasteiger charge is 2.29. The molecular formula is C13H20N2. The Hall–Kier alpha value is -0.860. The van der Waals surface area contributed by atoms with Gasteiger partial charge in [-0.1, -0.05) is 30.3 Å². The molecule has 2 rings (SSSR count). The summed E-state index contributed by atoms with van der Waals surface area (Å²) in [6.07, 6.45) is 3.37. The number of nitrogens with zero attached hydrogens (tertiary/aromatic N) is 1. The van der Waals surface area contributed by atoms with E-state index in [2.05, 4.69) is 42.3 Å². The molecule has 2 nitrogen and oxygen atoms in total. The number of piperidine rings is 1. The molecule has 0 aromatic heterocycles. The van der Waals surface area contributed by atoms with Crippen LogP contribution in [0.15, 0.2) is 30.3 Å². The second kappa shape index (κ2) is 4.33. The summed E-state index contributed by atoms with van der Waals surface area (Å²) in [7, 11) is 2.16. The Bertz CT molecular complexity index is 310. The molecule has 2 heteroatoms. The smallest absolute Gasteiger partial charge is 0.0324 e. The van der Waals surface area contributed by atoms with Crippen molar-refractivity contribution in [1.82, 2.24) is 4.90 Å². The molecule has 0 spiro atoms. The molecule has 1 fully saturated rings. The molecule has 1 aromatic rings. The van der Waals surface area contributed by atoms with Crippen molar-refractivity contribution in [3.63, 3.8) is 0 Å². The number of hydrogen-bond acceptors (Lipinski definition) is 2. The number of likely N-dealkylation sites (N-methyl/N-ethyl adjacent to an activating group) is 1. The fraction of sp³-hybridized carbons (Fsp3) is 0.538. The zero-order chi connectivity index (χ0) is 10.7. The lowest BCUT2D eigenvalue weighted by Gasteiger charge is -2.38. The molecule has 1 atom stereocenters. The minimum Gasteiger partial charge on any atom is -0.324 e. The Balaban J connectivity index is 2.04. The van der Waals surface area contributed by atoms with Gasteiger partial charge in [0, 0.05) is 12.1 Å². The summed E-state index contributed by atoms with van der Waals surface area (Å²) in [5.41, 5.74) is 7.78. The van der Waals surface area contributed by atoms with Gasteiger partial charge in [-0.15, -0.1) is 0 Å². The zero-order valence-corrected chi connectivity index (χ0v) is 9.45. The quantitative estimate of drug-likeness (QED) is 0.793. The second-order valence-corrected chi connectivity index (χ2v) is 4.87. The van der Waals surface area contributed by atoms with E-state index in [0.717, 1.165) is 19.4 Å². The Morgan fingerprint density at radius 2 is 2.07 bits per heavy atom. The van der Waals surface area contributed by atoms with Gasteiger partial charge in [-0.2, -0.15) is 0 Å². The minimum atomic E-state index is -0.0195. The van der Waals surface area contributed by atoms with Crippen LogP contribution in [0.4, 0.5) is 0 Å². The molecule has 0 bridgehead atoms. The third-order valence-corrected chi connectivity index (χ3v) is 3.20. The van der Waals surface area contributed by atoms with Crippen LogP contribution < -0.4 is 5.73 Å². The number of rotatable bonds is 2. The van der Waals surface area contributed by atoms with E-state index < -0.39 is 0 Å². The standard InChI is InChI=1S/C13H20N2/c1-15-9-5-8-13(14,11-15)10-12-6-3-2-4-7-12/h2-4,6-7H,5,8-11,14H2,1H3. The number of hydrogen-bond donors (Lipinski definition) is 1. The Morgan fingerprint density at radius 3 is 2.73 bits per heavy atom. The lowest BCUT2D eigenvalue weighted by Crippen LogP contribution is -2.54. The first-order valence-electron chi connectivity index (χ1n) is 5.69. The summed E-state index contributed by atoms with van der Waals surface area (Å²) in [6, 6.07) is 10.6. The SMILES string of the molecule is CN1CCCC(N)(Cc2ccccc2)C1. The molecule has 1 heterocycles. The monoisotopic (exact) mass is 204 g/mol. The number of benzene rings is 1. The lowest BCUT2D eigenvalue weighted by molar-refractivity contribution is 0.178. The number of nitrogens with two attached hydrogens (primary N) is 1. The van der Waals surface area contributed by atoms with Crippen LogP contribution in [-0.2, 0) is 6.42 Å². The third-order valence-electron chi connectivity index (χ3n) is 3.20. The van der Waals surface area contributed by atoms with Gasteiger partial charge in [0.25, 0.3) is 0 Å². The molecule has 2 N–H and O–H groups in total. The maximum Gasteiger partial charge on any atom is 0.0324 e. The van der Waals surface area contributed by atoms with E-state index in [-0.39, 0.29) is 5.54 Å². The van der Waals surface area contributed by atoms with Crippen molar-refractivity contribution < 1.29 is 0 Å². The van der Waals surface area contributed by atoms with E-state index >= 15 is 0 Å². The van der Waals surface area contributed by atoms with Crippen LogP contribution in [0.5, 0.6) is 0 Å². The van der Waals surface area contributed by atoms with Gasteiger partial charge in [0.2, 0.25) is 0 Å². The predicted molar refractivity (Wildman–Crippen MR) is 63.8 cm³/mol. The first-order chi connectivity index (χ1) is 7.18. The van der Waals surface area contributed by atoms with Crippen LogP contribution in [0.3, 0.4) is 0 Å². The molecular weight excluding hydrogens is 184 g/mol. The van der Waals surface area contributed by atoms with Gasteiger partial charge in [-0.3, -0.25) is 0 Å². The maximum atomic E-state index is 6.44. The molecule has 1 unspecified atom stereocenters. The molecule has 0 amide bonds. The average Bonchev–Trinajstić information content (AvgIpc) is 2.18. The highest BCUT2D eigenvalue weighted by molar-refractivity contribution is 5.18. The van der Waals surface area contributed by atoms with E-state index in [4.69, 9.17) is 5.73 Å². The van der Waals surface area contributed by atoms with Crippen molar-refractivity contribution in [1.29, 1.82) is 0 Å². The van der Waals surface area contributed by atoms with Gasteiger partial charge >= 0.3 is 0 Å². The topological polar surface area (TPSA) is 29.3 Å². The molecule has 0 radical (unpaired) electrons. The van der Waals surface area contributed by atoms with Crippen LogP contribution >= 0.6 is 0 Å². The Kier molecular flexibility index (Phi) is 3.08. The van der Waals surface area contributed by atoms with Gasteiger partial charge in [0.05, 0.1) is 0 Å². The summed E-state index contributed by atoms with van der Waals surface area (Å²) < 4.78 is 0. The van der Waals surface area contributed by atoms with Crippen molar-refractivity contribution in [3.8, 4) is 0 Å². The molecule has 1 aliphatic rings. The van der Waals surface area contributed by atoms with E-state index in [1.54, 1.807) is 0 Å². The Labute approximate surface area is 92.1 Å². The first-order valence-corrected chi connectivity index (χ1v) is 5.69. The Morgan fingerprint density at radius 1 is 1.33 bits per heavy atom. The molecule has 1 aromatic carbocycles. The largest absolute Gasteiger partial charge is 0.324 e. The van der Waals surface area contributed by atoms with Crippen molar-refractivity contribution in [3.05, 3.63) is 35.9 Å². The van der Waals surface area contributed by atoms with Crippen molar-refractivity contribution in [2.24, 2.45) is 5.73 Å². The molecule has 0 saturated carbocycles. The average molecular weight is 204 g/mol. The van der Waals surface area contributed by atoms with Crippen molar-refractivity contribution in [2.75, 3.05) is 20.1 Å². The summed E-state index contributed by atoms with van der Waals surface area (Å²) >= 11 is 0. The van der Waals surface area contributed by atoms with E-state index in [1.165, 1.54) is 18.5 Å². The third kappa shape index (κ3) is 2.80. The molecule has 1 aliphatic heterocycles. The summed E-state index contributed by atoms with van der Waals surface area (Å²) in [5.74, 6) is 0. The predicted octanol–water partition coefficient (Wildman–Crippen LogP) is 1.65. The van der Waals surface area contributed by atoms with Crippen molar-refractivity contribution >= 4 is 0 Å². The second-order valence-electron chi connectivity index (χ2n) is 4.87.